The lowest BCUT2D eigenvalue weighted by atomic mass is 10.1. The Kier molecular flexibility index (Phi) is 5.04. The highest BCUT2D eigenvalue weighted by molar-refractivity contribution is 6.33. The molecule has 0 aromatic heterocycles. The van der Waals surface area contributed by atoms with Gasteiger partial charge in [0, 0.05) is 6.04 Å². The molecule has 18 heavy (non-hydrogen) atoms. The Morgan fingerprint density at radius 2 is 1.94 bits per heavy atom. The monoisotopic (exact) mass is 277 g/mol. The maximum atomic E-state index is 13.0. The minimum absolute atomic E-state index is 0.131. The van der Waals surface area contributed by atoms with Crippen LogP contribution in [-0.4, -0.2) is 23.2 Å². The standard InChI is InChI=1S/C12H14ClF2NO2/c1-6(3-7(2)17)16-12(18)8-4-10(14)11(15)5-9(8)13/h4-7,17H,3H2,1-2H3,(H,16,18). The fourth-order valence-corrected chi connectivity index (χ4v) is 1.80. The van der Waals surface area contributed by atoms with E-state index < -0.39 is 23.6 Å². The number of rotatable bonds is 4. The van der Waals surface area contributed by atoms with Crippen LogP contribution in [0.15, 0.2) is 12.1 Å². The zero-order valence-corrected chi connectivity index (χ0v) is 10.8. The summed E-state index contributed by atoms with van der Waals surface area (Å²) in [6.07, 6.45) is -0.215. The van der Waals surface area contributed by atoms with Crippen molar-refractivity contribution in [2.24, 2.45) is 0 Å². The predicted molar refractivity (Wildman–Crippen MR) is 64.6 cm³/mol. The number of hydrogen-bond donors (Lipinski definition) is 2. The molecule has 0 heterocycles. The average Bonchev–Trinajstić information content (AvgIpc) is 2.21. The second-order valence-corrected chi connectivity index (χ2v) is 4.61. The highest BCUT2D eigenvalue weighted by Gasteiger charge is 2.17. The second-order valence-electron chi connectivity index (χ2n) is 4.21. The van der Waals surface area contributed by atoms with Gasteiger partial charge in [-0.15, -0.1) is 0 Å². The fourth-order valence-electron chi connectivity index (χ4n) is 1.57. The lowest BCUT2D eigenvalue weighted by Crippen LogP contribution is -2.34. The Morgan fingerprint density at radius 3 is 2.50 bits per heavy atom. The molecule has 0 spiro atoms. The average molecular weight is 278 g/mol. The molecule has 100 valence electrons. The van der Waals surface area contributed by atoms with E-state index in [0.29, 0.717) is 6.42 Å². The summed E-state index contributed by atoms with van der Waals surface area (Å²) in [5, 5.41) is 11.5. The third-order valence-corrected chi connectivity index (χ3v) is 2.64. The van der Waals surface area contributed by atoms with Crippen LogP contribution in [-0.2, 0) is 0 Å². The quantitative estimate of drug-likeness (QED) is 0.831. The molecular formula is C12H14ClF2NO2. The van der Waals surface area contributed by atoms with Crippen molar-refractivity contribution >= 4 is 17.5 Å². The Hall–Kier alpha value is -1.20. The van der Waals surface area contributed by atoms with Gasteiger partial charge in [-0.3, -0.25) is 4.79 Å². The van der Waals surface area contributed by atoms with Crippen molar-refractivity contribution in [1.29, 1.82) is 0 Å². The summed E-state index contributed by atoms with van der Waals surface area (Å²) < 4.78 is 25.8. The third kappa shape index (κ3) is 3.92. The zero-order valence-electron chi connectivity index (χ0n) is 10.0. The highest BCUT2D eigenvalue weighted by atomic mass is 35.5. The summed E-state index contributed by atoms with van der Waals surface area (Å²) >= 11 is 5.67. The van der Waals surface area contributed by atoms with Crippen molar-refractivity contribution in [1.82, 2.24) is 5.32 Å². The number of hydrogen-bond acceptors (Lipinski definition) is 2. The molecule has 2 atom stereocenters. The van der Waals surface area contributed by atoms with E-state index in [2.05, 4.69) is 5.32 Å². The molecule has 6 heteroatoms. The molecule has 1 rings (SSSR count). The normalized spacial score (nSPS) is 14.1. The van der Waals surface area contributed by atoms with Gasteiger partial charge >= 0.3 is 0 Å². The SMILES string of the molecule is CC(O)CC(C)NC(=O)c1cc(F)c(F)cc1Cl. The van der Waals surface area contributed by atoms with Crippen molar-refractivity contribution in [2.75, 3.05) is 0 Å². The first-order valence-electron chi connectivity index (χ1n) is 5.44. The number of nitrogens with one attached hydrogen (secondary N) is 1. The molecule has 2 unspecified atom stereocenters. The first-order valence-corrected chi connectivity index (χ1v) is 5.82. The molecule has 0 aliphatic rings. The van der Waals surface area contributed by atoms with Gasteiger partial charge in [-0.2, -0.15) is 0 Å². The number of halogens is 3. The molecule has 2 N–H and O–H groups in total. The summed E-state index contributed by atoms with van der Waals surface area (Å²) in [5.41, 5.74) is -0.131. The summed E-state index contributed by atoms with van der Waals surface area (Å²) in [4.78, 5) is 11.8. The molecule has 0 aliphatic carbocycles. The molecule has 1 aromatic rings. The van der Waals surface area contributed by atoms with Crippen molar-refractivity contribution in [2.45, 2.75) is 32.4 Å². The van der Waals surface area contributed by atoms with E-state index in [9.17, 15) is 13.6 Å². The van der Waals surface area contributed by atoms with Crippen LogP contribution >= 0.6 is 11.6 Å². The molecule has 0 aliphatic heterocycles. The smallest absolute Gasteiger partial charge is 0.253 e. The van der Waals surface area contributed by atoms with Gasteiger partial charge in [0.05, 0.1) is 16.7 Å². The van der Waals surface area contributed by atoms with E-state index in [1.165, 1.54) is 0 Å². The summed E-state index contributed by atoms with van der Waals surface area (Å²) in [5.74, 6) is -2.84. The number of amides is 1. The number of aliphatic hydroxyl groups excluding tert-OH is 1. The van der Waals surface area contributed by atoms with Crippen LogP contribution in [0.2, 0.25) is 5.02 Å². The number of aliphatic hydroxyl groups is 1. The summed E-state index contributed by atoms with van der Waals surface area (Å²) in [7, 11) is 0. The number of carbonyl (C=O) groups is 1. The highest BCUT2D eigenvalue weighted by Crippen LogP contribution is 2.20. The van der Waals surface area contributed by atoms with Crippen LogP contribution in [0.5, 0.6) is 0 Å². The molecule has 0 saturated heterocycles. The Bertz CT molecular complexity index is 452. The van der Waals surface area contributed by atoms with Gasteiger partial charge < -0.3 is 10.4 Å². The van der Waals surface area contributed by atoms with Crippen LogP contribution in [0.4, 0.5) is 8.78 Å². The van der Waals surface area contributed by atoms with Gasteiger partial charge in [0.1, 0.15) is 0 Å². The maximum Gasteiger partial charge on any atom is 0.253 e. The molecule has 1 aromatic carbocycles. The lowest BCUT2D eigenvalue weighted by molar-refractivity contribution is 0.0922. The minimum Gasteiger partial charge on any atom is -0.393 e. The van der Waals surface area contributed by atoms with E-state index in [-0.39, 0.29) is 16.6 Å². The van der Waals surface area contributed by atoms with E-state index in [1.807, 2.05) is 0 Å². The minimum atomic E-state index is -1.13. The van der Waals surface area contributed by atoms with Crippen LogP contribution in [0.3, 0.4) is 0 Å². The molecule has 0 fully saturated rings. The first kappa shape index (κ1) is 14.9. The van der Waals surface area contributed by atoms with Crippen LogP contribution in [0.1, 0.15) is 30.6 Å². The van der Waals surface area contributed by atoms with Gasteiger partial charge in [0.25, 0.3) is 5.91 Å². The van der Waals surface area contributed by atoms with E-state index in [4.69, 9.17) is 16.7 Å². The predicted octanol–water partition coefficient (Wildman–Crippen LogP) is 2.51. The topological polar surface area (TPSA) is 49.3 Å². The van der Waals surface area contributed by atoms with Crippen molar-refractivity contribution in [3.63, 3.8) is 0 Å². The van der Waals surface area contributed by atoms with Crippen LogP contribution in [0, 0.1) is 11.6 Å². The summed E-state index contributed by atoms with van der Waals surface area (Å²) in [6.45, 7) is 3.28. The number of carbonyl (C=O) groups excluding carboxylic acids is 1. The zero-order chi connectivity index (χ0) is 13.9. The molecule has 0 radical (unpaired) electrons. The maximum absolute atomic E-state index is 13.0. The summed E-state index contributed by atoms with van der Waals surface area (Å²) in [6, 6.07) is 1.20. The van der Waals surface area contributed by atoms with Crippen molar-refractivity contribution in [3.8, 4) is 0 Å². The third-order valence-electron chi connectivity index (χ3n) is 2.33. The second kappa shape index (κ2) is 6.11. The van der Waals surface area contributed by atoms with Crippen molar-refractivity contribution in [3.05, 3.63) is 34.4 Å². The van der Waals surface area contributed by atoms with Gasteiger partial charge in [-0.25, -0.2) is 8.78 Å². The van der Waals surface area contributed by atoms with Crippen LogP contribution in [0.25, 0.3) is 0 Å². The van der Waals surface area contributed by atoms with Gasteiger partial charge in [0.2, 0.25) is 0 Å². The Morgan fingerprint density at radius 1 is 1.39 bits per heavy atom. The molecule has 1 amide bonds. The fraction of sp³-hybridized carbons (Fsp3) is 0.417. The first-order chi connectivity index (χ1) is 8.31. The molecular weight excluding hydrogens is 264 g/mol. The van der Waals surface area contributed by atoms with Gasteiger partial charge in [-0.1, -0.05) is 11.6 Å². The lowest BCUT2D eigenvalue weighted by Gasteiger charge is -2.16. The van der Waals surface area contributed by atoms with E-state index >= 15 is 0 Å². The Labute approximate surface area is 109 Å². The number of benzene rings is 1. The van der Waals surface area contributed by atoms with Gasteiger partial charge in [-0.05, 0) is 32.4 Å². The largest absolute Gasteiger partial charge is 0.393 e. The van der Waals surface area contributed by atoms with E-state index in [0.717, 1.165) is 12.1 Å². The Balaban J connectivity index is 2.82. The molecule has 0 saturated carbocycles. The van der Waals surface area contributed by atoms with Crippen LogP contribution < -0.4 is 5.32 Å². The van der Waals surface area contributed by atoms with Gasteiger partial charge in [0.15, 0.2) is 11.6 Å². The molecule has 3 nitrogen and oxygen atoms in total. The van der Waals surface area contributed by atoms with E-state index in [1.54, 1.807) is 13.8 Å². The molecule has 0 bridgehead atoms. The van der Waals surface area contributed by atoms with Crippen molar-refractivity contribution < 1.29 is 18.7 Å².